The summed E-state index contributed by atoms with van der Waals surface area (Å²) in [7, 11) is -2.52. The molecule has 0 radical (unpaired) electrons. The summed E-state index contributed by atoms with van der Waals surface area (Å²) in [4.78, 5) is 0. The molecule has 3 rings (SSSR count). The molecule has 4 atom stereocenters. The molecule has 0 unspecified atom stereocenters. The second-order valence-electron chi connectivity index (χ2n) is 9.18. The van der Waals surface area contributed by atoms with E-state index < -0.39 is 8.32 Å². The SMILES string of the molecule is C[C@@H]1[C@@H]([C@H](C)CO[Si](c2ccccc2)(c2ccccc2)C(C)(C)C)OC[C@@H]1O. The maximum absolute atomic E-state index is 10.1. The Balaban J connectivity index is 1.97. The van der Waals surface area contributed by atoms with E-state index in [1.807, 2.05) is 0 Å². The largest absolute Gasteiger partial charge is 0.407 e. The number of hydrogen-bond donors (Lipinski definition) is 1. The minimum atomic E-state index is -2.52. The molecular formula is C24H34O3Si. The molecule has 1 aliphatic heterocycles. The highest BCUT2D eigenvalue weighted by molar-refractivity contribution is 6.99. The van der Waals surface area contributed by atoms with Crippen LogP contribution in [-0.2, 0) is 9.16 Å². The summed E-state index contributed by atoms with van der Waals surface area (Å²) < 4.78 is 12.9. The third-order valence-electron chi connectivity index (χ3n) is 6.12. The molecule has 0 spiro atoms. The van der Waals surface area contributed by atoms with Crippen molar-refractivity contribution in [1.29, 1.82) is 0 Å². The fourth-order valence-corrected chi connectivity index (χ4v) is 9.20. The first kappa shape index (κ1) is 21.3. The van der Waals surface area contributed by atoms with E-state index >= 15 is 0 Å². The first-order chi connectivity index (χ1) is 13.3. The van der Waals surface area contributed by atoms with E-state index in [1.165, 1.54) is 10.4 Å². The molecule has 152 valence electrons. The molecule has 0 aliphatic carbocycles. The molecule has 0 saturated carbocycles. The molecule has 0 amide bonds. The Labute approximate surface area is 170 Å². The summed E-state index contributed by atoms with van der Waals surface area (Å²) in [6.07, 6.45) is -0.339. The van der Waals surface area contributed by atoms with E-state index in [0.717, 1.165) is 0 Å². The quantitative estimate of drug-likeness (QED) is 0.756. The van der Waals surface area contributed by atoms with Crippen molar-refractivity contribution in [3.63, 3.8) is 0 Å². The van der Waals surface area contributed by atoms with E-state index in [-0.39, 0.29) is 29.1 Å². The van der Waals surface area contributed by atoms with Crippen molar-refractivity contribution >= 4 is 18.7 Å². The third kappa shape index (κ3) is 3.97. The standard InChI is InChI=1S/C24H34O3Si/c1-18(23-19(2)22(25)17-26-23)16-27-28(24(3,4)5,20-12-8-6-9-13-20)21-14-10-7-11-15-21/h6-15,18-19,22-23,25H,16-17H2,1-5H3/t18-,19+,22+,23-/m1/s1. The van der Waals surface area contributed by atoms with Gasteiger partial charge in [0, 0.05) is 18.4 Å². The highest BCUT2D eigenvalue weighted by Gasteiger charge is 2.50. The van der Waals surface area contributed by atoms with Crippen LogP contribution in [0.25, 0.3) is 0 Å². The zero-order chi connectivity index (χ0) is 20.4. The summed E-state index contributed by atoms with van der Waals surface area (Å²) in [5, 5.41) is 12.6. The predicted molar refractivity (Wildman–Crippen MR) is 118 cm³/mol. The molecule has 1 fully saturated rings. The second-order valence-corrected chi connectivity index (χ2v) is 13.5. The smallest absolute Gasteiger partial charge is 0.261 e. The van der Waals surface area contributed by atoms with Crippen LogP contribution in [0.2, 0.25) is 5.04 Å². The van der Waals surface area contributed by atoms with Gasteiger partial charge in [-0.15, -0.1) is 0 Å². The van der Waals surface area contributed by atoms with Crippen molar-refractivity contribution < 1.29 is 14.3 Å². The molecule has 0 bridgehead atoms. The zero-order valence-corrected chi connectivity index (χ0v) is 18.8. The first-order valence-corrected chi connectivity index (χ1v) is 12.2. The van der Waals surface area contributed by atoms with Crippen molar-refractivity contribution in [1.82, 2.24) is 0 Å². The Morgan fingerprint density at radius 1 is 1.04 bits per heavy atom. The van der Waals surface area contributed by atoms with Gasteiger partial charge in [0.15, 0.2) is 0 Å². The molecule has 4 heteroatoms. The molecule has 3 nitrogen and oxygen atoms in total. The topological polar surface area (TPSA) is 38.7 Å². The molecule has 0 aromatic heterocycles. The lowest BCUT2D eigenvalue weighted by atomic mass is 9.92. The second kappa shape index (κ2) is 8.50. The number of ether oxygens (including phenoxy) is 1. The first-order valence-electron chi connectivity index (χ1n) is 10.3. The van der Waals surface area contributed by atoms with Crippen molar-refractivity contribution in [2.45, 2.75) is 51.9 Å². The average Bonchev–Trinajstić information content (AvgIpc) is 3.01. The minimum Gasteiger partial charge on any atom is -0.407 e. The van der Waals surface area contributed by atoms with Crippen LogP contribution in [0.15, 0.2) is 60.7 Å². The van der Waals surface area contributed by atoms with Crippen molar-refractivity contribution in [2.75, 3.05) is 13.2 Å². The fraction of sp³-hybridized carbons (Fsp3) is 0.500. The summed E-state index contributed by atoms with van der Waals surface area (Å²) in [5.41, 5.74) is 0. The van der Waals surface area contributed by atoms with Gasteiger partial charge in [0.1, 0.15) is 0 Å². The van der Waals surface area contributed by atoms with Gasteiger partial charge in [-0.25, -0.2) is 0 Å². The Hall–Kier alpha value is -1.46. The van der Waals surface area contributed by atoms with E-state index in [0.29, 0.717) is 13.2 Å². The number of aliphatic hydroxyl groups excluding tert-OH is 1. The molecule has 1 N–H and O–H groups in total. The van der Waals surface area contributed by atoms with Crippen LogP contribution < -0.4 is 10.4 Å². The van der Waals surface area contributed by atoms with Gasteiger partial charge in [-0.1, -0.05) is 95.3 Å². The zero-order valence-electron chi connectivity index (χ0n) is 17.8. The van der Waals surface area contributed by atoms with Crippen LogP contribution in [0.4, 0.5) is 0 Å². The van der Waals surface area contributed by atoms with Crippen LogP contribution in [0.5, 0.6) is 0 Å². The minimum absolute atomic E-state index is 0.0307. The van der Waals surface area contributed by atoms with Gasteiger partial charge in [-0.2, -0.15) is 0 Å². The predicted octanol–water partition coefficient (Wildman–Crippen LogP) is 3.59. The average molecular weight is 399 g/mol. The van der Waals surface area contributed by atoms with Gasteiger partial charge in [0.2, 0.25) is 0 Å². The number of aliphatic hydroxyl groups is 1. The molecule has 1 saturated heterocycles. The molecule has 2 aromatic rings. The van der Waals surface area contributed by atoms with Gasteiger partial charge in [0.25, 0.3) is 8.32 Å². The van der Waals surface area contributed by atoms with E-state index in [4.69, 9.17) is 9.16 Å². The molecular weight excluding hydrogens is 364 g/mol. The lowest BCUT2D eigenvalue weighted by molar-refractivity contribution is 0.0305. The van der Waals surface area contributed by atoms with E-state index in [9.17, 15) is 5.11 Å². The van der Waals surface area contributed by atoms with Gasteiger partial charge < -0.3 is 14.3 Å². The molecule has 2 aromatic carbocycles. The lowest BCUT2D eigenvalue weighted by Crippen LogP contribution is -2.67. The summed E-state index contributed by atoms with van der Waals surface area (Å²) in [6, 6.07) is 21.4. The van der Waals surface area contributed by atoms with Crippen LogP contribution >= 0.6 is 0 Å². The van der Waals surface area contributed by atoms with Crippen LogP contribution in [0, 0.1) is 11.8 Å². The fourth-order valence-electron chi connectivity index (χ4n) is 4.53. The van der Waals surface area contributed by atoms with Crippen molar-refractivity contribution in [3.05, 3.63) is 60.7 Å². The Kier molecular flexibility index (Phi) is 6.45. The van der Waals surface area contributed by atoms with Gasteiger partial charge in [-0.3, -0.25) is 0 Å². The summed E-state index contributed by atoms with van der Waals surface area (Å²) in [5.74, 6) is 0.353. The summed E-state index contributed by atoms with van der Waals surface area (Å²) >= 11 is 0. The highest BCUT2D eigenvalue weighted by Crippen LogP contribution is 2.37. The summed E-state index contributed by atoms with van der Waals surface area (Å²) in [6.45, 7) is 12.2. The van der Waals surface area contributed by atoms with Crippen LogP contribution in [-0.4, -0.2) is 38.8 Å². The maximum Gasteiger partial charge on any atom is 0.261 e. The van der Waals surface area contributed by atoms with E-state index in [1.54, 1.807) is 0 Å². The van der Waals surface area contributed by atoms with Gasteiger partial charge >= 0.3 is 0 Å². The van der Waals surface area contributed by atoms with Crippen LogP contribution in [0.1, 0.15) is 34.6 Å². The Morgan fingerprint density at radius 3 is 1.93 bits per heavy atom. The van der Waals surface area contributed by atoms with Gasteiger partial charge in [-0.05, 0) is 15.4 Å². The number of benzene rings is 2. The van der Waals surface area contributed by atoms with Crippen LogP contribution in [0.3, 0.4) is 0 Å². The molecule has 1 heterocycles. The Bertz CT molecular complexity index is 702. The van der Waals surface area contributed by atoms with E-state index in [2.05, 4.69) is 95.3 Å². The highest BCUT2D eigenvalue weighted by atomic mass is 28.4. The normalized spacial score (nSPS) is 24.3. The van der Waals surface area contributed by atoms with Gasteiger partial charge in [0.05, 0.1) is 18.8 Å². The van der Waals surface area contributed by atoms with Crippen molar-refractivity contribution in [3.8, 4) is 0 Å². The Morgan fingerprint density at radius 2 is 1.54 bits per heavy atom. The van der Waals surface area contributed by atoms with Crippen molar-refractivity contribution in [2.24, 2.45) is 11.8 Å². The third-order valence-corrected chi connectivity index (χ3v) is 11.1. The lowest BCUT2D eigenvalue weighted by Gasteiger charge is -2.44. The monoisotopic (exact) mass is 398 g/mol. The maximum atomic E-state index is 10.1. The molecule has 28 heavy (non-hydrogen) atoms. The number of hydrogen-bond acceptors (Lipinski definition) is 3. The number of rotatable bonds is 6. The molecule has 1 aliphatic rings.